The van der Waals surface area contributed by atoms with Gasteiger partial charge >= 0.3 is 0 Å². The van der Waals surface area contributed by atoms with Crippen LogP contribution < -0.4 is 11.1 Å². The van der Waals surface area contributed by atoms with Crippen LogP contribution in [0, 0.1) is 0 Å². The number of hydrogen-bond acceptors (Lipinski definition) is 4. The molecule has 1 aromatic carbocycles. The van der Waals surface area contributed by atoms with Crippen molar-refractivity contribution in [3.8, 4) is 0 Å². The van der Waals surface area contributed by atoms with Gasteiger partial charge in [-0.2, -0.15) is 0 Å². The van der Waals surface area contributed by atoms with Crippen molar-refractivity contribution in [3.05, 3.63) is 48.4 Å². The molecule has 0 radical (unpaired) electrons. The molecule has 21 heavy (non-hydrogen) atoms. The van der Waals surface area contributed by atoms with Crippen molar-refractivity contribution in [3.63, 3.8) is 0 Å². The number of nitrogens with one attached hydrogen (secondary N) is 1. The summed E-state index contributed by atoms with van der Waals surface area (Å²) in [4.78, 5) is 14.4. The Bertz CT molecular complexity index is 581. The Morgan fingerprint density at radius 3 is 2.71 bits per heavy atom. The number of amides is 1. The average molecular weight is 287 g/mol. The zero-order valence-corrected chi connectivity index (χ0v) is 12.4. The second kappa shape index (κ2) is 6.95. The molecule has 0 bridgehead atoms. The van der Waals surface area contributed by atoms with Gasteiger partial charge in [0.15, 0.2) is 0 Å². The average Bonchev–Trinajstić information content (AvgIpc) is 2.99. The van der Waals surface area contributed by atoms with Crippen LogP contribution in [-0.2, 0) is 11.3 Å². The van der Waals surface area contributed by atoms with Gasteiger partial charge in [0, 0.05) is 0 Å². The molecule has 1 heterocycles. The van der Waals surface area contributed by atoms with Crippen LogP contribution in [-0.4, -0.2) is 23.4 Å². The summed E-state index contributed by atoms with van der Waals surface area (Å²) in [5.41, 5.74) is 7.05. The van der Waals surface area contributed by atoms with Crippen LogP contribution in [0.25, 0.3) is 0 Å². The van der Waals surface area contributed by atoms with E-state index in [9.17, 15) is 4.79 Å². The minimum atomic E-state index is -0.278. The maximum atomic E-state index is 12.4. The number of benzene rings is 1. The van der Waals surface area contributed by atoms with Crippen LogP contribution in [0.1, 0.15) is 19.6 Å². The highest BCUT2D eigenvalue weighted by atomic mass is 16.3. The van der Waals surface area contributed by atoms with Crippen molar-refractivity contribution in [2.45, 2.75) is 26.4 Å². The zero-order chi connectivity index (χ0) is 15.2. The van der Waals surface area contributed by atoms with Crippen molar-refractivity contribution in [2.75, 3.05) is 17.6 Å². The van der Waals surface area contributed by atoms with E-state index in [-0.39, 0.29) is 11.9 Å². The fourth-order valence-electron chi connectivity index (χ4n) is 2.14. The Hall–Kier alpha value is -2.27. The highest BCUT2D eigenvalue weighted by Gasteiger charge is 2.21. The quantitative estimate of drug-likeness (QED) is 0.801. The third-order valence-corrected chi connectivity index (χ3v) is 3.49. The van der Waals surface area contributed by atoms with E-state index in [1.165, 1.54) is 0 Å². The number of carbonyl (C=O) groups excluding carboxylic acids is 1. The predicted octanol–water partition coefficient (Wildman–Crippen LogP) is 2.71. The molecule has 5 nitrogen and oxygen atoms in total. The Balaban J connectivity index is 2.01. The Morgan fingerprint density at radius 1 is 1.33 bits per heavy atom. The number of nitrogens with two attached hydrogens (primary N) is 1. The number of para-hydroxylation sites is 2. The number of rotatable bonds is 6. The van der Waals surface area contributed by atoms with Crippen LogP contribution in [0.3, 0.4) is 0 Å². The summed E-state index contributed by atoms with van der Waals surface area (Å²) in [6, 6.07) is 10.7. The summed E-state index contributed by atoms with van der Waals surface area (Å²) in [6.45, 7) is 5.24. The molecule has 112 valence electrons. The summed E-state index contributed by atoms with van der Waals surface area (Å²) in [6.07, 6.45) is 1.64. The van der Waals surface area contributed by atoms with Gasteiger partial charge in [-0.15, -0.1) is 0 Å². The first-order chi connectivity index (χ1) is 10.1. The fraction of sp³-hybridized carbons (Fsp3) is 0.312. The molecule has 0 aliphatic carbocycles. The number of carbonyl (C=O) groups is 1. The molecule has 3 N–H and O–H groups in total. The van der Waals surface area contributed by atoms with Gasteiger partial charge in [-0.05, 0) is 37.7 Å². The monoisotopic (exact) mass is 287 g/mol. The van der Waals surface area contributed by atoms with Gasteiger partial charge < -0.3 is 15.5 Å². The SMILES string of the molecule is CCN(Cc1ccco1)C(C)C(=O)Nc1ccccc1N. The summed E-state index contributed by atoms with van der Waals surface area (Å²) in [7, 11) is 0. The molecule has 1 unspecified atom stereocenters. The molecule has 2 rings (SSSR count). The van der Waals surface area contributed by atoms with E-state index in [0.29, 0.717) is 17.9 Å². The van der Waals surface area contributed by atoms with Crippen LogP contribution >= 0.6 is 0 Å². The molecular formula is C16H21N3O2. The van der Waals surface area contributed by atoms with Crippen molar-refractivity contribution >= 4 is 17.3 Å². The summed E-state index contributed by atoms with van der Waals surface area (Å²) < 4.78 is 5.34. The predicted molar refractivity (Wildman–Crippen MR) is 83.7 cm³/mol. The van der Waals surface area contributed by atoms with Gasteiger partial charge in [-0.1, -0.05) is 19.1 Å². The Kier molecular flexibility index (Phi) is 5.00. The summed E-state index contributed by atoms with van der Waals surface area (Å²) in [5.74, 6) is 0.761. The lowest BCUT2D eigenvalue weighted by molar-refractivity contribution is -0.121. The van der Waals surface area contributed by atoms with Gasteiger partial charge in [0.1, 0.15) is 5.76 Å². The van der Waals surface area contributed by atoms with Crippen LogP contribution in [0.4, 0.5) is 11.4 Å². The first-order valence-electron chi connectivity index (χ1n) is 7.03. The standard InChI is InChI=1S/C16H21N3O2/c1-3-19(11-13-7-6-10-21-13)12(2)16(20)18-15-9-5-4-8-14(15)17/h4-10,12H,3,11,17H2,1-2H3,(H,18,20). The van der Waals surface area contributed by atoms with E-state index in [2.05, 4.69) is 5.32 Å². The van der Waals surface area contributed by atoms with E-state index in [0.717, 1.165) is 12.3 Å². The molecule has 0 aliphatic rings. The zero-order valence-electron chi connectivity index (χ0n) is 12.4. The lowest BCUT2D eigenvalue weighted by Crippen LogP contribution is -2.41. The highest BCUT2D eigenvalue weighted by molar-refractivity contribution is 5.97. The maximum absolute atomic E-state index is 12.4. The fourth-order valence-corrected chi connectivity index (χ4v) is 2.14. The third-order valence-electron chi connectivity index (χ3n) is 3.49. The molecule has 1 atom stereocenters. The smallest absolute Gasteiger partial charge is 0.241 e. The second-order valence-electron chi connectivity index (χ2n) is 4.89. The number of furan rings is 1. The number of anilines is 2. The van der Waals surface area contributed by atoms with Crippen molar-refractivity contribution in [1.29, 1.82) is 0 Å². The summed E-state index contributed by atoms with van der Waals surface area (Å²) >= 11 is 0. The molecular weight excluding hydrogens is 266 g/mol. The van der Waals surface area contributed by atoms with Gasteiger partial charge in [0.25, 0.3) is 0 Å². The van der Waals surface area contributed by atoms with Gasteiger partial charge in [0.05, 0.1) is 30.2 Å². The molecule has 1 amide bonds. The van der Waals surface area contributed by atoms with Crippen molar-refractivity contribution < 1.29 is 9.21 Å². The molecule has 0 aliphatic heterocycles. The second-order valence-corrected chi connectivity index (χ2v) is 4.89. The maximum Gasteiger partial charge on any atom is 0.241 e. The third kappa shape index (κ3) is 3.86. The van der Waals surface area contributed by atoms with Crippen molar-refractivity contribution in [1.82, 2.24) is 4.90 Å². The van der Waals surface area contributed by atoms with Crippen LogP contribution in [0.15, 0.2) is 47.1 Å². The topological polar surface area (TPSA) is 71.5 Å². The van der Waals surface area contributed by atoms with E-state index in [4.69, 9.17) is 10.2 Å². The molecule has 2 aromatic rings. The number of nitrogens with zero attached hydrogens (tertiary/aromatic N) is 1. The lowest BCUT2D eigenvalue weighted by Gasteiger charge is -2.26. The lowest BCUT2D eigenvalue weighted by atomic mass is 10.2. The van der Waals surface area contributed by atoms with E-state index in [1.54, 1.807) is 18.4 Å². The Labute approximate surface area is 124 Å². The van der Waals surface area contributed by atoms with Crippen LogP contribution in [0.5, 0.6) is 0 Å². The van der Waals surface area contributed by atoms with Crippen molar-refractivity contribution in [2.24, 2.45) is 0 Å². The number of likely N-dealkylation sites (N-methyl/N-ethyl adjacent to an activating group) is 1. The molecule has 5 heteroatoms. The van der Waals surface area contributed by atoms with Gasteiger partial charge in [-0.25, -0.2) is 0 Å². The minimum Gasteiger partial charge on any atom is -0.468 e. The number of nitrogen functional groups attached to an aromatic ring is 1. The first-order valence-corrected chi connectivity index (χ1v) is 7.03. The molecule has 0 saturated carbocycles. The first kappa shape index (κ1) is 15.1. The van der Waals surface area contributed by atoms with Gasteiger partial charge in [-0.3, -0.25) is 9.69 Å². The molecule has 0 fully saturated rings. The molecule has 1 aromatic heterocycles. The van der Waals surface area contributed by atoms with E-state index >= 15 is 0 Å². The highest BCUT2D eigenvalue weighted by Crippen LogP contribution is 2.18. The molecule has 0 spiro atoms. The van der Waals surface area contributed by atoms with Gasteiger partial charge in [0.2, 0.25) is 5.91 Å². The molecule has 0 saturated heterocycles. The largest absolute Gasteiger partial charge is 0.468 e. The van der Waals surface area contributed by atoms with E-state index in [1.807, 2.05) is 43.0 Å². The Morgan fingerprint density at radius 2 is 2.10 bits per heavy atom. The number of hydrogen-bond donors (Lipinski definition) is 2. The summed E-state index contributed by atoms with van der Waals surface area (Å²) in [5, 5.41) is 2.87. The van der Waals surface area contributed by atoms with Crippen LogP contribution in [0.2, 0.25) is 0 Å². The van der Waals surface area contributed by atoms with E-state index < -0.39 is 0 Å². The normalized spacial score (nSPS) is 12.3. The minimum absolute atomic E-state index is 0.0821.